The number of benzene rings is 1. The first-order chi connectivity index (χ1) is 9.95. The van der Waals surface area contributed by atoms with Crippen LogP contribution in [0.5, 0.6) is 5.75 Å². The van der Waals surface area contributed by atoms with E-state index in [0.29, 0.717) is 18.8 Å². The largest absolute Gasteiger partial charge is 0.432 e. The summed E-state index contributed by atoms with van der Waals surface area (Å²) in [5, 5.41) is 2.98. The van der Waals surface area contributed by atoms with Crippen molar-refractivity contribution in [3.05, 3.63) is 17.9 Å². The lowest BCUT2D eigenvalue weighted by Gasteiger charge is -2.30. The second-order valence-electron chi connectivity index (χ2n) is 4.88. The van der Waals surface area contributed by atoms with Crippen LogP contribution in [0, 0.1) is 5.82 Å². The van der Waals surface area contributed by atoms with Gasteiger partial charge in [-0.15, -0.1) is 0 Å². The van der Waals surface area contributed by atoms with Gasteiger partial charge in [-0.25, -0.2) is 4.39 Å². The molecule has 0 aromatic heterocycles. The smallest absolute Gasteiger partial charge is 0.387 e. The van der Waals surface area contributed by atoms with Gasteiger partial charge < -0.3 is 25.4 Å². The van der Waals surface area contributed by atoms with Gasteiger partial charge in [-0.1, -0.05) is 0 Å². The molecule has 1 aromatic rings. The van der Waals surface area contributed by atoms with E-state index in [2.05, 4.69) is 15.0 Å². The van der Waals surface area contributed by atoms with Gasteiger partial charge in [0.25, 0.3) is 0 Å². The topological polar surface area (TPSA) is 59.8 Å². The average molecular weight is 305 g/mol. The van der Waals surface area contributed by atoms with Crippen LogP contribution >= 0.6 is 0 Å². The maximum atomic E-state index is 13.4. The molecule has 0 radical (unpaired) electrons. The first-order valence-electron chi connectivity index (χ1n) is 6.53. The number of halogens is 3. The minimum atomic E-state index is -3.09. The Morgan fingerprint density at radius 2 is 2.29 bits per heavy atom. The summed E-state index contributed by atoms with van der Waals surface area (Å²) in [4.78, 5) is 2.12. The standard InChI is InChI=1S/C13H18F3N3O2/c1-19-2-3-20-8(7-19)6-18-11-5-12(21-13(15)16)9(14)4-10(11)17/h4-5,8,13,18H,2-3,6-7,17H2,1H3. The summed E-state index contributed by atoms with van der Waals surface area (Å²) in [7, 11) is 1.98. The summed E-state index contributed by atoms with van der Waals surface area (Å²) in [6.07, 6.45) is -0.0485. The van der Waals surface area contributed by atoms with Gasteiger partial charge in [0, 0.05) is 31.8 Å². The fourth-order valence-corrected chi connectivity index (χ4v) is 2.12. The maximum Gasteiger partial charge on any atom is 0.387 e. The number of ether oxygens (including phenoxy) is 2. The van der Waals surface area contributed by atoms with E-state index in [4.69, 9.17) is 10.5 Å². The Kier molecular flexibility index (Phi) is 5.13. The molecular weight excluding hydrogens is 287 g/mol. The number of morpholine rings is 1. The van der Waals surface area contributed by atoms with E-state index >= 15 is 0 Å². The van der Waals surface area contributed by atoms with Crippen molar-refractivity contribution in [3.8, 4) is 5.75 Å². The number of alkyl halides is 2. The number of nitrogens with zero attached hydrogens (tertiary/aromatic N) is 1. The van der Waals surface area contributed by atoms with E-state index < -0.39 is 18.2 Å². The van der Waals surface area contributed by atoms with Crippen molar-refractivity contribution in [2.45, 2.75) is 12.7 Å². The fraction of sp³-hybridized carbons (Fsp3) is 0.538. The molecule has 0 amide bonds. The zero-order valence-corrected chi connectivity index (χ0v) is 11.6. The van der Waals surface area contributed by atoms with E-state index in [0.717, 1.165) is 25.2 Å². The number of hydrogen-bond acceptors (Lipinski definition) is 5. The quantitative estimate of drug-likeness (QED) is 0.812. The zero-order chi connectivity index (χ0) is 15.4. The molecule has 0 aliphatic carbocycles. The van der Waals surface area contributed by atoms with Gasteiger partial charge in [-0.3, -0.25) is 0 Å². The van der Waals surface area contributed by atoms with E-state index in [1.807, 2.05) is 7.05 Å². The van der Waals surface area contributed by atoms with E-state index in [1.54, 1.807) is 0 Å². The third-order valence-corrected chi connectivity index (χ3v) is 3.18. The lowest BCUT2D eigenvalue weighted by Crippen LogP contribution is -2.43. The van der Waals surface area contributed by atoms with Crippen LogP contribution in [0.2, 0.25) is 0 Å². The van der Waals surface area contributed by atoms with Crippen LogP contribution in [-0.2, 0) is 4.74 Å². The van der Waals surface area contributed by atoms with Gasteiger partial charge in [0.05, 0.1) is 24.1 Å². The lowest BCUT2D eigenvalue weighted by atomic mass is 10.2. The Balaban J connectivity index is 2.01. The molecule has 8 heteroatoms. The van der Waals surface area contributed by atoms with Crippen LogP contribution in [0.25, 0.3) is 0 Å². The minimum absolute atomic E-state index is 0.0485. The van der Waals surface area contributed by atoms with Crippen molar-refractivity contribution in [3.63, 3.8) is 0 Å². The highest BCUT2D eigenvalue weighted by Crippen LogP contribution is 2.29. The second kappa shape index (κ2) is 6.86. The normalized spacial score (nSPS) is 19.8. The first kappa shape index (κ1) is 15.7. The number of rotatable bonds is 5. The van der Waals surface area contributed by atoms with Crippen LogP contribution in [0.4, 0.5) is 24.5 Å². The molecular formula is C13H18F3N3O2. The Bertz CT molecular complexity index is 488. The van der Waals surface area contributed by atoms with Crippen LogP contribution in [0.1, 0.15) is 0 Å². The monoisotopic (exact) mass is 305 g/mol. The van der Waals surface area contributed by atoms with E-state index in [-0.39, 0.29) is 11.8 Å². The number of hydrogen-bond donors (Lipinski definition) is 2. The molecule has 1 aliphatic rings. The van der Waals surface area contributed by atoms with Gasteiger partial charge in [0.2, 0.25) is 0 Å². The van der Waals surface area contributed by atoms with Gasteiger partial charge >= 0.3 is 6.61 Å². The molecule has 0 saturated carbocycles. The molecule has 5 nitrogen and oxygen atoms in total. The molecule has 1 saturated heterocycles. The van der Waals surface area contributed by atoms with Gasteiger partial charge in [-0.2, -0.15) is 8.78 Å². The van der Waals surface area contributed by atoms with Gasteiger partial charge in [0.15, 0.2) is 11.6 Å². The highest BCUT2D eigenvalue weighted by Gasteiger charge is 2.18. The molecule has 0 spiro atoms. The van der Waals surface area contributed by atoms with Crippen molar-refractivity contribution in [1.82, 2.24) is 4.90 Å². The second-order valence-corrected chi connectivity index (χ2v) is 4.88. The summed E-state index contributed by atoms with van der Waals surface area (Å²) in [5.74, 6) is -1.46. The number of nitrogens with one attached hydrogen (secondary N) is 1. The molecule has 3 N–H and O–H groups in total. The predicted octanol–water partition coefficient (Wildman–Crippen LogP) is 1.75. The number of anilines is 2. The number of nitrogen functional groups attached to an aromatic ring is 1. The van der Waals surface area contributed by atoms with Crippen LogP contribution in [0.15, 0.2) is 12.1 Å². The average Bonchev–Trinajstić information content (AvgIpc) is 2.40. The van der Waals surface area contributed by atoms with Crippen LogP contribution < -0.4 is 15.8 Å². The van der Waals surface area contributed by atoms with Crippen molar-refractivity contribution in [2.24, 2.45) is 0 Å². The summed E-state index contributed by atoms with van der Waals surface area (Å²) in [6.45, 7) is -0.419. The van der Waals surface area contributed by atoms with Crippen molar-refractivity contribution in [2.75, 3.05) is 44.3 Å². The summed E-state index contributed by atoms with van der Waals surface area (Å²) >= 11 is 0. The van der Waals surface area contributed by atoms with Crippen molar-refractivity contribution >= 4 is 11.4 Å². The molecule has 1 heterocycles. The van der Waals surface area contributed by atoms with E-state index in [9.17, 15) is 13.2 Å². The molecule has 0 bridgehead atoms. The third kappa shape index (κ3) is 4.40. The molecule has 118 valence electrons. The summed E-state index contributed by atoms with van der Waals surface area (Å²) in [6, 6.07) is 2.08. The molecule has 2 rings (SSSR count). The molecule has 1 aliphatic heterocycles. The van der Waals surface area contributed by atoms with Gasteiger partial charge in [-0.05, 0) is 7.05 Å². The highest BCUT2D eigenvalue weighted by atomic mass is 19.3. The Morgan fingerprint density at radius 3 is 2.95 bits per heavy atom. The Hall–Kier alpha value is -1.67. The number of nitrogens with two attached hydrogens (primary N) is 1. The molecule has 1 fully saturated rings. The first-order valence-corrected chi connectivity index (χ1v) is 6.53. The molecule has 1 atom stereocenters. The third-order valence-electron chi connectivity index (χ3n) is 3.18. The Morgan fingerprint density at radius 1 is 1.52 bits per heavy atom. The lowest BCUT2D eigenvalue weighted by molar-refractivity contribution is -0.0521. The zero-order valence-electron chi connectivity index (χ0n) is 11.6. The Labute approximate surface area is 120 Å². The summed E-state index contributed by atoms with van der Waals surface area (Å²) < 4.78 is 47.5. The highest BCUT2D eigenvalue weighted by molar-refractivity contribution is 5.68. The maximum absolute atomic E-state index is 13.4. The van der Waals surface area contributed by atoms with Crippen molar-refractivity contribution in [1.29, 1.82) is 0 Å². The van der Waals surface area contributed by atoms with Crippen LogP contribution in [-0.4, -0.2) is 50.9 Å². The number of likely N-dealkylation sites (N-methyl/N-ethyl adjacent to an activating group) is 1. The summed E-state index contributed by atoms with van der Waals surface area (Å²) in [5.41, 5.74) is 6.13. The predicted molar refractivity (Wildman–Crippen MR) is 73.2 cm³/mol. The molecule has 1 aromatic carbocycles. The molecule has 21 heavy (non-hydrogen) atoms. The SMILES string of the molecule is CN1CCOC(CNc2cc(OC(F)F)c(F)cc2N)C1. The fourth-order valence-electron chi connectivity index (χ4n) is 2.12. The molecule has 1 unspecified atom stereocenters. The van der Waals surface area contributed by atoms with Gasteiger partial charge in [0.1, 0.15) is 0 Å². The van der Waals surface area contributed by atoms with Crippen LogP contribution in [0.3, 0.4) is 0 Å². The minimum Gasteiger partial charge on any atom is -0.432 e. The van der Waals surface area contributed by atoms with E-state index in [1.165, 1.54) is 0 Å². The van der Waals surface area contributed by atoms with Crippen molar-refractivity contribution < 1.29 is 22.6 Å².